The Labute approximate surface area is 141 Å². The van der Waals surface area contributed by atoms with Gasteiger partial charge in [0.25, 0.3) is 0 Å². The molecule has 0 aromatic heterocycles. The quantitative estimate of drug-likeness (QED) is 0.732. The highest BCUT2D eigenvalue weighted by molar-refractivity contribution is 5.95. The highest BCUT2D eigenvalue weighted by atomic mass is 16.3. The molecule has 3 aromatic rings. The maximum atomic E-state index is 12.3. The summed E-state index contributed by atoms with van der Waals surface area (Å²) >= 11 is 0. The number of hydrogen-bond acceptors (Lipinski definition) is 2. The molecule has 0 saturated carbocycles. The minimum absolute atomic E-state index is 0.0210. The topological polar surface area (TPSA) is 49.3 Å². The number of aliphatic hydroxyl groups excluding tert-OH is 1. The van der Waals surface area contributed by atoms with E-state index in [0.29, 0.717) is 0 Å². The molecule has 3 aromatic carbocycles. The lowest BCUT2D eigenvalue weighted by atomic mass is 10.0. The molecule has 120 valence electrons. The molecule has 0 radical (unpaired) electrons. The van der Waals surface area contributed by atoms with Crippen molar-refractivity contribution in [3.63, 3.8) is 0 Å². The second kappa shape index (κ2) is 7.57. The summed E-state index contributed by atoms with van der Waals surface area (Å²) in [4.78, 5) is 12.3. The number of anilines is 1. The van der Waals surface area contributed by atoms with Crippen molar-refractivity contribution in [1.82, 2.24) is 0 Å². The summed E-state index contributed by atoms with van der Waals surface area (Å²) < 4.78 is 0. The van der Waals surface area contributed by atoms with Crippen LogP contribution in [0.1, 0.15) is 18.1 Å². The van der Waals surface area contributed by atoms with Gasteiger partial charge in [0, 0.05) is 11.3 Å². The Morgan fingerprint density at radius 3 is 2.12 bits per heavy atom. The summed E-state index contributed by atoms with van der Waals surface area (Å²) in [5.74, 6) is -0.213. The van der Waals surface area contributed by atoms with E-state index in [9.17, 15) is 9.90 Å². The fourth-order valence-corrected chi connectivity index (χ4v) is 2.63. The van der Waals surface area contributed by atoms with Gasteiger partial charge in [-0.25, -0.2) is 0 Å². The summed E-state index contributed by atoms with van der Waals surface area (Å²) in [6.45, 7) is 0. The molecule has 0 bridgehead atoms. The van der Waals surface area contributed by atoms with Gasteiger partial charge in [-0.1, -0.05) is 78.9 Å². The zero-order valence-electron chi connectivity index (χ0n) is 13.2. The first-order chi connectivity index (χ1) is 11.7. The predicted octanol–water partition coefficient (Wildman–Crippen LogP) is 4.42. The molecule has 0 aliphatic rings. The second-order valence-corrected chi connectivity index (χ2v) is 5.59. The number of hydrogen-bond donors (Lipinski definition) is 2. The number of para-hydroxylation sites is 1. The Morgan fingerprint density at radius 1 is 0.833 bits per heavy atom. The van der Waals surface area contributed by atoms with Crippen molar-refractivity contribution >= 4 is 11.6 Å². The van der Waals surface area contributed by atoms with Crippen molar-refractivity contribution < 1.29 is 9.90 Å². The second-order valence-electron chi connectivity index (χ2n) is 5.59. The van der Waals surface area contributed by atoms with Gasteiger partial charge in [-0.3, -0.25) is 4.79 Å². The molecule has 0 aliphatic carbocycles. The standard InChI is InChI=1S/C21H19NO2/c23-20(17-11-5-2-6-12-17)15-21(24)22-19-14-8-7-13-18(19)16-9-3-1-4-10-16/h1-14,20,23H,15H2,(H,22,24). The van der Waals surface area contributed by atoms with Crippen LogP contribution in [0.5, 0.6) is 0 Å². The van der Waals surface area contributed by atoms with E-state index in [1.165, 1.54) is 0 Å². The van der Waals surface area contributed by atoms with Gasteiger partial charge in [0.2, 0.25) is 5.91 Å². The fraction of sp³-hybridized carbons (Fsp3) is 0.0952. The van der Waals surface area contributed by atoms with Crippen LogP contribution in [0, 0.1) is 0 Å². The van der Waals surface area contributed by atoms with Gasteiger partial charge in [-0.05, 0) is 17.2 Å². The molecule has 1 unspecified atom stereocenters. The van der Waals surface area contributed by atoms with Gasteiger partial charge in [-0.2, -0.15) is 0 Å². The Bertz CT molecular complexity index is 800. The Kier molecular flexibility index (Phi) is 5.04. The average molecular weight is 317 g/mol. The summed E-state index contributed by atoms with van der Waals surface area (Å²) in [7, 11) is 0. The molecule has 3 nitrogen and oxygen atoms in total. The van der Waals surface area contributed by atoms with E-state index in [4.69, 9.17) is 0 Å². The van der Waals surface area contributed by atoms with Gasteiger partial charge >= 0.3 is 0 Å². The Hall–Kier alpha value is -2.91. The molecule has 1 amide bonds. The van der Waals surface area contributed by atoms with Crippen LogP contribution in [-0.4, -0.2) is 11.0 Å². The maximum Gasteiger partial charge on any atom is 0.227 e. The first-order valence-electron chi connectivity index (χ1n) is 7.91. The molecule has 2 N–H and O–H groups in total. The molecular formula is C21H19NO2. The van der Waals surface area contributed by atoms with E-state index in [-0.39, 0.29) is 12.3 Å². The molecule has 3 rings (SSSR count). The van der Waals surface area contributed by atoms with Gasteiger partial charge < -0.3 is 10.4 Å². The highest BCUT2D eigenvalue weighted by Gasteiger charge is 2.14. The first kappa shape index (κ1) is 16.0. The smallest absolute Gasteiger partial charge is 0.227 e. The molecule has 24 heavy (non-hydrogen) atoms. The van der Waals surface area contributed by atoms with Crippen molar-refractivity contribution in [3.05, 3.63) is 90.5 Å². The number of carbonyl (C=O) groups excluding carboxylic acids is 1. The number of aliphatic hydroxyl groups is 1. The highest BCUT2D eigenvalue weighted by Crippen LogP contribution is 2.28. The third-order valence-electron chi connectivity index (χ3n) is 3.85. The van der Waals surface area contributed by atoms with E-state index in [2.05, 4.69) is 5.32 Å². The first-order valence-corrected chi connectivity index (χ1v) is 7.91. The van der Waals surface area contributed by atoms with Crippen LogP contribution in [0.15, 0.2) is 84.9 Å². The van der Waals surface area contributed by atoms with Gasteiger partial charge in [0.1, 0.15) is 0 Å². The number of benzene rings is 3. The molecule has 0 heterocycles. The summed E-state index contributed by atoms with van der Waals surface area (Å²) in [6.07, 6.45) is -0.789. The number of carbonyl (C=O) groups is 1. The van der Waals surface area contributed by atoms with E-state index in [0.717, 1.165) is 22.4 Å². The third-order valence-corrected chi connectivity index (χ3v) is 3.85. The minimum Gasteiger partial charge on any atom is -0.388 e. The van der Waals surface area contributed by atoms with Gasteiger partial charge in [0.05, 0.1) is 12.5 Å². The van der Waals surface area contributed by atoms with Crippen LogP contribution >= 0.6 is 0 Å². The predicted molar refractivity (Wildman–Crippen MR) is 96.5 cm³/mol. The van der Waals surface area contributed by atoms with Crippen molar-refractivity contribution in [2.75, 3.05) is 5.32 Å². The maximum absolute atomic E-state index is 12.3. The minimum atomic E-state index is -0.810. The summed E-state index contributed by atoms with van der Waals surface area (Å²) in [5, 5.41) is 13.1. The monoisotopic (exact) mass is 317 g/mol. The molecule has 0 spiro atoms. The van der Waals surface area contributed by atoms with Gasteiger partial charge in [-0.15, -0.1) is 0 Å². The zero-order valence-corrected chi connectivity index (χ0v) is 13.2. The molecule has 3 heteroatoms. The van der Waals surface area contributed by atoms with E-state index < -0.39 is 6.10 Å². The Morgan fingerprint density at radius 2 is 1.42 bits per heavy atom. The van der Waals surface area contributed by atoms with Crippen LogP contribution in [0.25, 0.3) is 11.1 Å². The largest absolute Gasteiger partial charge is 0.388 e. The molecule has 1 atom stereocenters. The van der Waals surface area contributed by atoms with Crippen LogP contribution < -0.4 is 5.32 Å². The average Bonchev–Trinajstić information content (AvgIpc) is 2.63. The zero-order chi connectivity index (χ0) is 16.8. The fourth-order valence-electron chi connectivity index (χ4n) is 2.63. The van der Waals surface area contributed by atoms with Crippen molar-refractivity contribution in [3.8, 4) is 11.1 Å². The lowest BCUT2D eigenvalue weighted by molar-refractivity contribution is -0.118. The van der Waals surface area contributed by atoms with Crippen LogP contribution in [0.3, 0.4) is 0 Å². The van der Waals surface area contributed by atoms with E-state index in [1.54, 1.807) is 0 Å². The molecule has 0 fully saturated rings. The van der Waals surface area contributed by atoms with Crippen molar-refractivity contribution in [2.24, 2.45) is 0 Å². The van der Waals surface area contributed by atoms with E-state index >= 15 is 0 Å². The lowest BCUT2D eigenvalue weighted by Gasteiger charge is -2.14. The van der Waals surface area contributed by atoms with Gasteiger partial charge in [0.15, 0.2) is 0 Å². The summed E-state index contributed by atoms with van der Waals surface area (Å²) in [5.41, 5.74) is 3.48. The van der Waals surface area contributed by atoms with Crippen LogP contribution in [0.4, 0.5) is 5.69 Å². The molecule has 0 saturated heterocycles. The third kappa shape index (κ3) is 3.89. The van der Waals surface area contributed by atoms with Crippen LogP contribution in [-0.2, 0) is 4.79 Å². The normalized spacial score (nSPS) is 11.7. The van der Waals surface area contributed by atoms with E-state index in [1.807, 2.05) is 84.9 Å². The van der Waals surface area contributed by atoms with Crippen molar-refractivity contribution in [1.29, 1.82) is 0 Å². The lowest BCUT2D eigenvalue weighted by Crippen LogP contribution is -2.16. The SMILES string of the molecule is O=C(CC(O)c1ccccc1)Nc1ccccc1-c1ccccc1. The number of rotatable bonds is 5. The molecular weight excluding hydrogens is 298 g/mol. The number of nitrogens with one attached hydrogen (secondary N) is 1. The summed E-state index contributed by atoms with van der Waals surface area (Å²) in [6, 6.07) is 26.8. The Balaban J connectivity index is 1.74. The van der Waals surface area contributed by atoms with Crippen molar-refractivity contribution in [2.45, 2.75) is 12.5 Å². The van der Waals surface area contributed by atoms with Crippen LogP contribution in [0.2, 0.25) is 0 Å². The number of amides is 1. The molecule has 0 aliphatic heterocycles.